The molecule has 2 aromatic carbocycles. The Balaban J connectivity index is 2.09. The Hall–Kier alpha value is -3.45. The highest BCUT2D eigenvalue weighted by Crippen LogP contribution is 2.38. The van der Waals surface area contributed by atoms with Crippen LogP contribution in [0, 0.1) is 5.82 Å². The molecule has 0 bridgehead atoms. The minimum absolute atomic E-state index is 0.176. The molecule has 0 aliphatic carbocycles. The molecule has 13 heteroatoms. The molecule has 0 saturated heterocycles. The molecule has 10 nitrogen and oxygen atoms in total. The maximum absolute atomic E-state index is 13.7. The number of nitrogens with two attached hydrogens (primary N) is 1. The summed E-state index contributed by atoms with van der Waals surface area (Å²) in [7, 11) is -7.80. The first-order chi connectivity index (χ1) is 16.7. The Bertz CT molecular complexity index is 1670. The minimum atomic E-state index is -3.95. The molecule has 0 aliphatic heterocycles. The van der Waals surface area contributed by atoms with Gasteiger partial charge in [-0.3, -0.25) is 4.57 Å². The first-order valence-electron chi connectivity index (χ1n) is 11.0. The molecule has 2 N–H and O–H groups in total. The molecule has 36 heavy (non-hydrogen) atoms. The molecule has 4 rings (SSSR count). The zero-order chi connectivity index (χ0) is 26.6. The number of imidazole rings is 2. The molecule has 0 spiro atoms. The maximum atomic E-state index is 13.7. The van der Waals surface area contributed by atoms with Crippen LogP contribution in [0.2, 0.25) is 0 Å². The Morgan fingerprint density at radius 3 is 2.17 bits per heavy atom. The molecule has 0 radical (unpaired) electrons. The second kappa shape index (κ2) is 8.89. The van der Waals surface area contributed by atoms with Gasteiger partial charge in [0.05, 0.1) is 22.5 Å². The second-order valence-corrected chi connectivity index (χ2v) is 12.8. The van der Waals surface area contributed by atoms with Gasteiger partial charge in [0.1, 0.15) is 17.3 Å². The van der Waals surface area contributed by atoms with Crippen LogP contribution < -0.4 is 9.92 Å². The van der Waals surface area contributed by atoms with Crippen LogP contribution in [-0.4, -0.2) is 46.8 Å². The lowest BCUT2D eigenvalue weighted by atomic mass is 10.1. The zero-order valence-electron chi connectivity index (χ0n) is 20.3. The van der Waals surface area contributed by atoms with Gasteiger partial charge in [-0.25, -0.2) is 21.8 Å². The summed E-state index contributed by atoms with van der Waals surface area (Å²) in [5.41, 5.74) is 7.76. The van der Waals surface area contributed by atoms with Crippen LogP contribution in [0.1, 0.15) is 39.4 Å². The number of rotatable bonds is 7. The van der Waals surface area contributed by atoms with E-state index in [0.717, 1.165) is 10.2 Å². The summed E-state index contributed by atoms with van der Waals surface area (Å²) in [4.78, 5) is 8.65. The van der Waals surface area contributed by atoms with Crippen molar-refractivity contribution in [1.29, 1.82) is 0 Å². The van der Waals surface area contributed by atoms with Crippen LogP contribution in [0.15, 0.2) is 42.5 Å². The van der Waals surface area contributed by atoms with Crippen molar-refractivity contribution in [2.75, 3.05) is 12.0 Å². The molecular formula is C23H26FN5O5S2. The Kier molecular flexibility index (Phi) is 6.33. The van der Waals surface area contributed by atoms with E-state index < -0.39 is 31.2 Å². The van der Waals surface area contributed by atoms with Gasteiger partial charge >= 0.3 is 10.1 Å². The lowest BCUT2D eigenvalue weighted by molar-refractivity contribution is 0.484. The highest BCUT2D eigenvalue weighted by molar-refractivity contribution is 7.90. The van der Waals surface area contributed by atoms with Gasteiger partial charge in [-0.1, -0.05) is 13.8 Å². The van der Waals surface area contributed by atoms with E-state index >= 15 is 0 Å². The lowest BCUT2D eigenvalue weighted by Crippen LogP contribution is -2.23. The number of aromatic nitrogens is 4. The number of nitrogens with zero attached hydrogens (tertiary/aromatic N) is 4. The number of halogens is 1. The zero-order valence-corrected chi connectivity index (χ0v) is 21.9. The smallest absolute Gasteiger partial charge is 0.307 e. The highest BCUT2D eigenvalue weighted by atomic mass is 32.2. The molecule has 192 valence electrons. The largest absolute Gasteiger partial charge is 0.368 e. The van der Waals surface area contributed by atoms with Crippen LogP contribution in [0.3, 0.4) is 0 Å². The number of hydrogen-bond acceptors (Lipinski definition) is 8. The van der Waals surface area contributed by atoms with Crippen LogP contribution >= 0.6 is 0 Å². The Morgan fingerprint density at radius 2 is 1.61 bits per heavy atom. The molecule has 2 heterocycles. The average Bonchev–Trinajstić information content (AvgIpc) is 3.29. The summed E-state index contributed by atoms with van der Waals surface area (Å²) in [5, 5.41) is -0.759. The predicted molar refractivity (Wildman–Crippen MR) is 136 cm³/mol. The van der Waals surface area contributed by atoms with Crippen molar-refractivity contribution in [3.63, 3.8) is 0 Å². The molecule has 0 saturated carbocycles. The highest BCUT2D eigenvalue weighted by Gasteiger charge is 2.28. The molecule has 0 unspecified atom stereocenters. The first kappa shape index (κ1) is 25.6. The molecule has 2 aromatic heterocycles. The molecule has 4 aromatic rings. The van der Waals surface area contributed by atoms with Crippen molar-refractivity contribution >= 4 is 37.1 Å². The van der Waals surface area contributed by atoms with Gasteiger partial charge in [0, 0.05) is 17.2 Å². The third-order valence-corrected chi connectivity index (χ3v) is 8.01. The van der Waals surface area contributed by atoms with Crippen LogP contribution in [0.5, 0.6) is 5.88 Å². The quantitative estimate of drug-likeness (QED) is 0.354. The van der Waals surface area contributed by atoms with Crippen molar-refractivity contribution in [2.24, 2.45) is 0 Å². The summed E-state index contributed by atoms with van der Waals surface area (Å²) in [6.45, 7) is 6.81. The maximum Gasteiger partial charge on any atom is 0.307 e. The predicted octanol–water partition coefficient (Wildman–Crippen LogP) is 3.66. The number of hydrogen-bond donors (Lipinski definition) is 1. The number of nitrogen functional groups attached to an aromatic ring is 1. The van der Waals surface area contributed by atoms with Gasteiger partial charge in [0.15, 0.2) is 0 Å². The van der Waals surface area contributed by atoms with E-state index in [0.29, 0.717) is 22.6 Å². The third-order valence-electron chi connectivity index (χ3n) is 5.47. The van der Waals surface area contributed by atoms with E-state index in [4.69, 9.17) is 9.92 Å². The third kappa shape index (κ3) is 4.55. The minimum Gasteiger partial charge on any atom is -0.368 e. The number of anilines is 1. The van der Waals surface area contributed by atoms with Gasteiger partial charge in [0.25, 0.3) is 5.88 Å². The van der Waals surface area contributed by atoms with Crippen LogP contribution in [-0.2, 0) is 20.1 Å². The van der Waals surface area contributed by atoms with Crippen molar-refractivity contribution in [1.82, 2.24) is 18.5 Å². The van der Waals surface area contributed by atoms with Crippen molar-refractivity contribution in [3.8, 4) is 22.8 Å². The molecule has 0 aliphatic rings. The van der Waals surface area contributed by atoms with Gasteiger partial charge < -0.3 is 9.92 Å². The van der Waals surface area contributed by atoms with E-state index in [1.807, 2.05) is 13.8 Å². The van der Waals surface area contributed by atoms with Crippen molar-refractivity contribution in [3.05, 3.63) is 54.1 Å². The SMILES string of the molecule is CC(C)c1nc(OS(C)(=O)=O)c(-c2ccc(F)cc2)n1-c1ccc2nc(N)n(S(=O)(=O)C(C)C)c2c1. The standard InChI is InChI=1S/C23H26FN5O5S2/c1-13(2)21-27-22(34-35(5,30)31)20(15-6-8-16(24)9-7-15)28(21)17-10-11-18-19(12-17)29(23(25)26-18)36(32,33)14(3)4/h6-14H,1-5H3,(H2,25,26). The summed E-state index contributed by atoms with van der Waals surface area (Å²) in [6, 6.07) is 10.3. The van der Waals surface area contributed by atoms with E-state index in [-0.39, 0.29) is 29.0 Å². The molecule has 0 atom stereocenters. The normalized spacial score (nSPS) is 12.7. The van der Waals surface area contributed by atoms with E-state index in [9.17, 15) is 21.2 Å². The van der Waals surface area contributed by atoms with Crippen LogP contribution in [0.4, 0.5) is 10.3 Å². The van der Waals surface area contributed by atoms with Crippen molar-refractivity contribution in [2.45, 2.75) is 38.9 Å². The van der Waals surface area contributed by atoms with Gasteiger partial charge in [-0.2, -0.15) is 13.4 Å². The second-order valence-electron chi connectivity index (χ2n) is 8.91. The van der Waals surface area contributed by atoms with E-state index in [2.05, 4.69) is 9.97 Å². The average molecular weight is 536 g/mol. The molecule has 0 fully saturated rings. The van der Waals surface area contributed by atoms with E-state index in [1.54, 1.807) is 36.6 Å². The summed E-state index contributed by atoms with van der Waals surface area (Å²) < 4.78 is 71.7. The Labute approximate surface area is 208 Å². The van der Waals surface area contributed by atoms with Gasteiger partial charge in [0.2, 0.25) is 16.0 Å². The fraction of sp³-hybridized carbons (Fsp3) is 0.304. The van der Waals surface area contributed by atoms with Gasteiger partial charge in [-0.05, 0) is 56.3 Å². The van der Waals surface area contributed by atoms with Gasteiger partial charge in [-0.15, -0.1) is 0 Å². The monoisotopic (exact) mass is 535 g/mol. The summed E-state index contributed by atoms with van der Waals surface area (Å²) in [5.74, 6) is -0.593. The topological polar surface area (TPSA) is 139 Å². The first-order valence-corrected chi connectivity index (χ1v) is 14.3. The van der Waals surface area contributed by atoms with E-state index in [1.165, 1.54) is 24.3 Å². The fourth-order valence-corrected chi connectivity index (χ4v) is 5.35. The van der Waals surface area contributed by atoms with Crippen molar-refractivity contribution < 1.29 is 25.4 Å². The Morgan fingerprint density at radius 1 is 0.972 bits per heavy atom. The molecule has 0 amide bonds. The molecular weight excluding hydrogens is 509 g/mol. The lowest BCUT2D eigenvalue weighted by Gasteiger charge is -2.16. The number of fused-ring (bicyclic) bond motifs is 1. The fourth-order valence-electron chi connectivity index (χ4n) is 3.81. The summed E-state index contributed by atoms with van der Waals surface area (Å²) in [6.07, 6.45) is 0.902. The van der Waals surface area contributed by atoms with Crippen LogP contribution in [0.25, 0.3) is 28.0 Å². The summed E-state index contributed by atoms with van der Waals surface area (Å²) >= 11 is 0. The number of benzene rings is 2.